The molecule has 3 aliphatic rings. The van der Waals surface area contributed by atoms with Crippen LogP contribution in [0.15, 0.2) is 0 Å². The maximum absolute atomic E-state index is 12.4. The summed E-state index contributed by atoms with van der Waals surface area (Å²) in [6.45, 7) is 0.655. The lowest BCUT2D eigenvalue weighted by Crippen LogP contribution is -2.47. The number of rotatable bonds is 4. The Kier molecular flexibility index (Phi) is 3.79. The van der Waals surface area contributed by atoms with E-state index in [4.69, 9.17) is 0 Å². The molecule has 2 N–H and O–H groups in total. The zero-order valence-electron chi connectivity index (χ0n) is 11.9. The molecule has 20 heavy (non-hydrogen) atoms. The van der Waals surface area contributed by atoms with Gasteiger partial charge in [0.1, 0.15) is 6.04 Å². The molecule has 1 heterocycles. The fraction of sp³-hybridized carbons (Fsp3) is 0.929. The van der Waals surface area contributed by atoms with Crippen molar-refractivity contribution < 1.29 is 13.2 Å². The van der Waals surface area contributed by atoms with Gasteiger partial charge in [0, 0.05) is 6.54 Å². The van der Waals surface area contributed by atoms with Crippen molar-refractivity contribution >= 4 is 15.9 Å². The van der Waals surface area contributed by atoms with Gasteiger partial charge in [0.25, 0.3) is 0 Å². The summed E-state index contributed by atoms with van der Waals surface area (Å²) in [5.41, 5.74) is -0.00228. The first-order valence-electron chi connectivity index (χ1n) is 7.76. The first-order valence-corrected chi connectivity index (χ1v) is 9.41. The van der Waals surface area contributed by atoms with Crippen LogP contribution in [0.1, 0.15) is 51.4 Å². The average Bonchev–Trinajstić information content (AvgIpc) is 2.89. The van der Waals surface area contributed by atoms with E-state index in [9.17, 15) is 13.2 Å². The van der Waals surface area contributed by atoms with E-state index in [0.717, 1.165) is 38.0 Å². The summed E-state index contributed by atoms with van der Waals surface area (Å²) in [5.74, 6) is 0.783. The van der Waals surface area contributed by atoms with Crippen molar-refractivity contribution in [1.82, 2.24) is 10.0 Å². The normalized spacial score (nSPS) is 37.7. The predicted molar refractivity (Wildman–Crippen MR) is 76.6 cm³/mol. The highest BCUT2D eigenvalue weighted by Crippen LogP contribution is 2.54. The third-order valence-corrected chi connectivity index (χ3v) is 6.88. The van der Waals surface area contributed by atoms with Gasteiger partial charge in [-0.1, -0.05) is 0 Å². The molecule has 3 fully saturated rings. The zero-order valence-corrected chi connectivity index (χ0v) is 12.7. The van der Waals surface area contributed by atoms with Crippen molar-refractivity contribution in [3.05, 3.63) is 0 Å². The minimum absolute atomic E-state index is 0.00228. The molecule has 2 saturated carbocycles. The minimum atomic E-state index is -3.37. The number of hydrogen-bond acceptors (Lipinski definition) is 3. The maximum Gasteiger partial charge on any atom is 0.238 e. The molecule has 1 saturated heterocycles. The van der Waals surface area contributed by atoms with Crippen molar-refractivity contribution in [3.63, 3.8) is 0 Å². The largest absolute Gasteiger partial charge is 0.355 e. The van der Waals surface area contributed by atoms with Crippen LogP contribution in [-0.2, 0) is 14.8 Å². The van der Waals surface area contributed by atoms with Crippen LogP contribution in [0.5, 0.6) is 0 Å². The lowest BCUT2D eigenvalue weighted by Gasteiger charge is -2.27. The summed E-state index contributed by atoms with van der Waals surface area (Å²) in [4.78, 5) is 11.8. The second-order valence-electron chi connectivity index (χ2n) is 6.86. The van der Waals surface area contributed by atoms with Crippen molar-refractivity contribution in [2.45, 2.75) is 57.4 Å². The molecule has 0 aromatic rings. The summed E-state index contributed by atoms with van der Waals surface area (Å²) >= 11 is 0. The molecule has 0 aromatic carbocycles. The number of carbonyl (C=O) groups excluding carboxylic acids is 1. The topological polar surface area (TPSA) is 75.3 Å². The van der Waals surface area contributed by atoms with Crippen molar-refractivity contribution in [3.8, 4) is 0 Å². The van der Waals surface area contributed by atoms with Crippen LogP contribution < -0.4 is 10.0 Å². The SMILES string of the molecule is O=C1NCCCC[C@H]1NS(=O)(=O)CC12CCC(CC1)C2. The highest BCUT2D eigenvalue weighted by Gasteiger charge is 2.47. The number of nitrogens with one attached hydrogen (secondary N) is 2. The lowest BCUT2D eigenvalue weighted by molar-refractivity contribution is -0.122. The Balaban J connectivity index is 1.64. The smallest absolute Gasteiger partial charge is 0.238 e. The predicted octanol–water partition coefficient (Wildman–Crippen LogP) is 1.15. The van der Waals surface area contributed by atoms with Gasteiger partial charge in [-0.3, -0.25) is 4.79 Å². The Bertz CT molecular complexity index is 481. The van der Waals surface area contributed by atoms with Crippen LogP contribution in [0.3, 0.4) is 0 Å². The molecule has 3 rings (SSSR count). The highest BCUT2D eigenvalue weighted by molar-refractivity contribution is 7.89. The fourth-order valence-corrected chi connectivity index (χ4v) is 6.18. The molecule has 114 valence electrons. The van der Waals surface area contributed by atoms with E-state index < -0.39 is 16.1 Å². The second-order valence-corrected chi connectivity index (χ2v) is 8.62. The number of hydrogen-bond donors (Lipinski definition) is 2. The molecule has 2 bridgehead atoms. The van der Waals surface area contributed by atoms with E-state index in [-0.39, 0.29) is 17.1 Å². The van der Waals surface area contributed by atoms with Crippen LogP contribution in [0.2, 0.25) is 0 Å². The number of fused-ring (bicyclic) bond motifs is 2. The number of sulfonamides is 1. The monoisotopic (exact) mass is 300 g/mol. The maximum atomic E-state index is 12.4. The standard InChI is InChI=1S/C14H24N2O3S/c17-13-12(3-1-2-8-15-13)16-20(18,19)10-14-6-4-11(9-14)5-7-14/h11-12,16H,1-10H2,(H,15,17)/t11?,12-,14?/m1/s1. The molecule has 6 heteroatoms. The number of amides is 1. The van der Waals surface area contributed by atoms with Gasteiger partial charge in [-0.2, -0.15) is 0 Å². The summed E-state index contributed by atoms with van der Waals surface area (Å²) in [6, 6.07) is -0.572. The molecule has 0 radical (unpaired) electrons. The van der Waals surface area contributed by atoms with Crippen molar-refractivity contribution in [1.29, 1.82) is 0 Å². The Morgan fingerprint density at radius 1 is 1.20 bits per heavy atom. The van der Waals surface area contributed by atoms with Crippen LogP contribution in [-0.4, -0.2) is 32.7 Å². The molecule has 1 amide bonds. The second kappa shape index (κ2) is 5.30. The summed E-state index contributed by atoms with van der Waals surface area (Å²) in [5, 5.41) is 2.78. The third-order valence-electron chi connectivity index (χ3n) is 5.24. The van der Waals surface area contributed by atoms with Crippen LogP contribution in [0, 0.1) is 11.3 Å². The third kappa shape index (κ3) is 3.01. The summed E-state index contributed by atoms with van der Waals surface area (Å²) in [6.07, 6.45) is 7.92. The zero-order chi connectivity index (χ0) is 14.2. The fourth-order valence-electron chi connectivity index (χ4n) is 4.23. The van der Waals surface area contributed by atoms with Crippen molar-refractivity contribution in [2.75, 3.05) is 12.3 Å². The molecule has 0 unspecified atom stereocenters. The highest BCUT2D eigenvalue weighted by atomic mass is 32.2. The van der Waals surface area contributed by atoms with E-state index in [1.54, 1.807) is 0 Å². The van der Waals surface area contributed by atoms with Gasteiger partial charge in [0.15, 0.2) is 0 Å². The van der Waals surface area contributed by atoms with Crippen LogP contribution in [0.4, 0.5) is 0 Å². The van der Waals surface area contributed by atoms with Gasteiger partial charge in [-0.05, 0) is 62.7 Å². The molecule has 2 aliphatic carbocycles. The molecule has 0 aromatic heterocycles. The van der Waals surface area contributed by atoms with Gasteiger partial charge in [-0.25, -0.2) is 13.1 Å². The molecule has 5 nitrogen and oxygen atoms in total. The van der Waals surface area contributed by atoms with E-state index in [1.165, 1.54) is 12.8 Å². The molecule has 1 atom stereocenters. The van der Waals surface area contributed by atoms with Gasteiger partial charge >= 0.3 is 0 Å². The van der Waals surface area contributed by atoms with E-state index in [0.29, 0.717) is 13.0 Å². The Hall–Kier alpha value is -0.620. The van der Waals surface area contributed by atoms with Crippen LogP contribution >= 0.6 is 0 Å². The number of carbonyl (C=O) groups is 1. The average molecular weight is 300 g/mol. The summed E-state index contributed by atoms with van der Waals surface area (Å²) < 4.78 is 27.5. The summed E-state index contributed by atoms with van der Waals surface area (Å²) in [7, 11) is -3.37. The van der Waals surface area contributed by atoms with E-state index in [1.807, 2.05) is 0 Å². The van der Waals surface area contributed by atoms with Gasteiger partial charge in [-0.15, -0.1) is 0 Å². The van der Waals surface area contributed by atoms with E-state index in [2.05, 4.69) is 10.0 Å². The Morgan fingerprint density at radius 2 is 1.95 bits per heavy atom. The lowest BCUT2D eigenvalue weighted by atomic mass is 9.87. The van der Waals surface area contributed by atoms with Crippen molar-refractivity contribution in [2.24, 2.45) is 11.3 Å². The first kappa shape index (κ1) is 14.3. The Morgan fingerprint density at radius 3 is 2.60 bits per heavy atom. The minimum Gasteiger partial charge on any atom is -0.355 e. The first-order chi connectivity index (χ1) is 9.48. The molecule has 1 aliphatic heterocycles. The van der Waals surface area contributed by atoms with Gasteiger partial charge in [0.05, 0.1) is 5.75 Å². The Labute approximate surface area is 120 Å². The van der Waals surface area contributed by atoms with Gasteiger partial charge < -0.3 is 5.32 Å². The van der Waals surface area contributed by atoms with Gasteiger partial charge in [0.2, 0.25) is 15.9 Å². The molecule has 0 spiro atoms. The molecular formula is C14H24N2O3S. The molecular weight excluding hydrogens is 276 g/mol. The quantitative estimate of drug-likeness (QED) is 0.818. The van der Waals surface area contributed by atoms with Crippen LogP contribution in [0.25, 0.3) is 0 Å². The van der Waals surface area contributed by atoms with E-state index >= 15 is 0 Å².